The number of carbonyl (C=O) groups excluding carboxylic acids is 1. The quantitative estimate of drug-likeness (QED) is 0.409. The number of imidazole rings is 1. The maximum Gasteiger partial charge on any atom is 0.251 e. The maximum absolute atomic E-state index is 13.9. The zero-order valence-electron chi connectivity index (χ0n) is 19.5. The lowest BCUT2D eigenvalue weighted by atomic mass is 9.75. The normalized spacial score (nSPS) is 19.1. The van der Waals surface area contributed by atoms with Crippen molar-refractivity contribution in [3.8, 4) is 11.3 Å². The first-order valence-corrected chi connectivity index (χ1v) is 11.9. The first kappa shape index (κ1) is 22.3. The lowest BCUT2D eigenvalue weighted by Crippen LogP contribution is -2.39. The van der Waals surface area contributed by atoms with Crippen LogP contribution in [0.15, 0.2) is 67.3 Å². The second-order valence-electron chi connectivity index (χ2n) is 9.44. The number of rotatable bonds is 5. The number of carbonyl (C=O) groups is 1. The molecule has 5 rings (SSSR count). The average Bonchev–Trinajstić information content (AvgIpc) is 3.30. The largest absolute Gasteiger partial charge is 0.349 e. The summed E-state index contributed by atoms with van der Waals surface area (Å²) in [4.78, 5) is 21.6. The third-order valence-corrected chi connectivity index (χ3v) is 7.16. The molecular formula is C28H29FN4O. The Morgan fingerprint density at radius 1 is 1.06 bits per heavy atom. The van der Waals surface area contributed by atoms with E-state index >= 15 is 0 Å². The predicted octanol–water partition coefficient (Wildman–Crippen LogP) is 5.87. The van der Waals surface area contributed by atoms with Crippen molar-refractivity contribution in [1.29, 1.82) is 0 Å². The van der Waals surface area contributed by atoms with Crippen molar-refractivity contribution in [3.05, 3.63) is 84.2 Å². The third-order valence-electron chi connectivity index (χ3n) is 7.16. The van der Waals surface area contributed by atoms with E-state index in [9.17, 15) is 9.18 Å². The number of hydrogen-bond acceptors (Lipinski definition) is 3. The van der Waals surface area contributed by atoms with E-state index in [1.807, 2.05) is 54.3 Å². The standard InChI is InChI=1S/C28H29FN4O/c1-18(32-28(34)22-9-7-21(8-10-22)27-16-33(2)17-31-27)19-3-5-20(6-4-19)24-13-14-30-26-12-11-23(29)15-25(24)26/h7-20H,3-6H2,1-2H3,(H,32,34). The van der Waals surface area contributed by atoms with Crippen LogP contribution in [-0.4, -0.2) is 26.5 Å². The van der Waals surface area contributed by atoms with Gasteiger partial charge in [0.2, 0.25) is 0 Å². The number of aryl methyl sites for hydroxylation is 1. The number of amides is 1. The SMILES string of the molecule is CC(NC(=O)c1ccc(-c2cn(C)cn2)cc1)C1CCC(c2ccnc3ccc(F)cc23)CC1. The van der Waals surface area contributed by atoms with Crippen LogP contribution in [0.4, 0.5) is 4.39 Å². The molecule has 2 aromatic heterocycles. The molecule has 1 aliphatic carbocycles. The van der Waals surface area contributed by atoms with Crippen LogP contribution >= 0.6 is 0 Å². The van der Waals surface area contributed by atoms with Crippen LogP contribution in [-0.2, 0) is 7.05 Å². The lowest BCUT2D eigenvalue weighted by Gasteiger charge is -2.33. The first-order valence-electron chi connectivity index (χ1n) is 11.9. The molecule has 1 N–H and O–H groups in total. The van der Waals surface area contributed by atoms with E-state index in [-0.39, 0.29) is 17.8 Å². The van der Waals surface area contributed by atoms with E-state index in [1.165, 1.54) is 11.6 Å². The Hall–Kier alpha value is -3.54. The van der Waals surface area contributed by atoms with E-state index in [2.05, 4.69) is 22.2 Å². The molecule has 1 aliphatic rings. The molecule has 0 aliphatic heterocycles. The number of pyridine rings is 1. The molecule has 1 saturated carbocycles. The van der Waals surface area contributed by atoms with Gasteiger partial charge in [-0.05, 0) is 86.4 Å². The summed E-state index contributed by atoms with van der Waals surface area (Å²) in [5.41, 5.74) is 4.57. The average molecular weight is 457 g/mol. The number of halogens is 1. The molecule has 2 heterocycles. The monoisotopic (exact) mass is 456 g/mol. The van der Waals surface area contributed by atoms with Crippen LogP contribution in [0.1, 0.15) is 54.4 Å². The molecule has 5 nitrogen and oxygen atoms in total. The fraction of sp³-hybridized carbons (Fsp3) is 0.321. The van der Waals surface area contributed by atoms with E-state index in [0.717, 1.165) is 47.8 Å². The number of nitrogens with zero attached hydrogens (tertiary/aromatic N) is 3. The van der Waals surface area contributed by atoms with Gasteiger partial charge in [-0.2, -0.15) is 0 Å². The van der Waals surface area contributed by atoms with Crippen LogP contribution in [0.3, 0.4) is 0 Å². The molecule has 6 heteroatoms. The highest BCUT2D eigenvalue weighted by atomic mass is 19.1. The van der Waals surface area contributed by atoms with Gasteiger partial charge in [0.05, 0.1) is 17.5 Å². The van der Waals surface area contributed by atoms with Gasteiger partial charge >= 0.3 is 0 Å². The summed E-state index contributed by atoms with van der Waals surface area (Å²) in [5.74, 6) is 0.557. The van der Waals surface area contributed by atoms with E-state index in [0.29, 0.717) is 17.4 Å². The highest BCUT2D eigenvalue weighted by Crippen LogP contribution is 2.39. The molecule has 1 unspecified atom stereocenters. The highest BCUT2D eigenvalue weighted by Gasteiger charge is 2.28. The van der Waals surface area contributed by atoms with Crippen LogP contribution < -0.4 is 5.32 Å². The fourth-order valence-electron chi connectivity index (χ4n) is 5.19. The predicted molar refractivity (Wildman–Crippen MR) is 132 cm³/mol. The molecule has 2 aromatic carbocycles. The smallest absolute Gasteiger partial charge is 0.251 e. The number of fused-ring (bicyclic) bond motifs is 1. The Labute approximate surface area is 199 Å². The minimum absolute atomic E-state index is 0.0437. The van der Waals surface area contributed by atoms with Gasteiger partial charge in [0.15, 0.2) is 0 Å². The third kappa shape index (κ3) is 4.58. The molecule has 4 aromatic rings. The van der Waals surface area contributed by atoms with Crippen molar-refractivity contribution < 1.29 is 9.18 Å². The number of benzene rings is 2. The summed E-state index contributed by atoms with van der Waals surface area (Å²) < 4.78 is 15.8. The molecule has 0 saturated heterocycles. The van der Waals surface area contributed by atoms with Gasteiger partial charge in [0.25, 0.3) is 5.91 Å². The molecule has 174 valence electrons. The van der Waals surface area contributed by atoms with E-state index < -0.39 is 0 Å². The van der Waals surface area contributed by atoms with Crippen LogP contribution in [0.2, 0.25) is 0 Å². The fourth-order valence-corrected chi connectivity index (χ4v) is 5.19. The Morgan fingerprint density at radius 3 is 2.53 bits per heavy atom. The molecule has 0 spiro atoms. The molecule has 34 heavy (non-hydrogen) atoms. The molecule has 0 bridgehead atoms. The van der Waals surface area contributed by atoms with E-state index in [1.54, 1.807) is 18.5 Å². The van der Waals surface area contributed by atoms with Gasteiger partial charge in [-0.3, -0.25) is 9.78 Å². The topological polar surface area (TPSA) is 59.8 Å². The van der Waals surface area contributed by atoms with Gasteiger partial charge in [0.1, 0.15) is 5.82 Å². The second kappa shape index (κ2) is 9.37. The van der Waals surface area contributed by atoms with Gasteiger partial charge in [0, 0.05) is 42.0 Å². The van der Waals surface area contributed by atoms with Gasteiger partial charge < -0.3 is 9.88 Å². The van der Waals surface area contributed by atoms with Crippen LogP contribution in [0.25, 0.3) is 22.2 Å². The van der Waals surface area contributed by atoms with Gasteiger partial charge in [-0.15, -0.1) is 0 Å². The summed E-state index contributed by atoms with van der Waals surface area (Å²) in [5, 5.41) is 4.12. The summed E-state index contributed by atoms with van der Waals surface area (Å²) in [7, 11) is 1.94. The molecule has 0 radical (unpaired) electrons. The van der Waals surface area contributed by atoms with Gasteiger partial charge in [-0.25, -0.2) is 9.37 Å². The van der Waals surface area contributed by atoms with Crippen LogP contribution in [0.5, 0.6) is 0 Å². The second-order valence-corrected chi connectivity index (χ2v) is 9.44. The van der Waals surface area contributed by atoms with E-state index in [4.69, 9.17) is 0 Å². The van der Waals surface area contributed by atoms with Crippen molar-refractivity contribution in [2.75, 3.05) is 0 Å². The first-order chi connectivity index (χ1) is 16.5. The number of nitrogens with one attached hydrogen (secondary N) is 1. The Morgan fingerprint density at radius 2 is 1.82 bits per heavy atom. The van der Waals surface area contributed by atoms with Crippen molar-refractivity contribution >= 4 is 16.8 Å². The molecule has 1 atom stereocenters. The summed E-state index contributed by atoms with van der Waals surface area (Å²) in [6, 6.07) is 14.5. The Balaban J connectivity index is 1.20. The van der Waals surface area contributed by atoms with Crippen molar-refractivity contribution in [1.82, 2.24) is 19.9 Å². The Bertz CT molecular complexity index is 1310. The minimum atomic E-state index is -0.222. The number of hydrogen-bond donors (Lipinski definition) is 1. The van der Waals surface area contributed by atoms with Crippen LogP contribution in [0, 0.1) is 11.7 Å². The summed E-state index contributed by atoms with van der Waals surface area (Å²) in [6.07, 6.45) is 9.66. The van der Waals surface area contributed by atoms with Crippen molar-refractivity contribution in [3.63, 3.8) is 0 Å². The maximum atomic E-state index is 13.9. The zero-order valence-corrected chi connectivity index (χ0v) is 19.5. The Kier molecular flexibility index (Phi) is 6.14. The van der Waals surface area contributed by atoms with Crippen molar-refractivity contribution in [2.45, 2.75) is 44.6 Å². The minimum Gasteiger partial charge on any atom is -0.349 e. The number of aromatic nitrogens is 3. The summed E-state index contributed by atoms with van der Waals surface area (Å²) >= 11 is 0. The lowest BCUT2D eigenvalue weighted by molar-refractivity contribution is 0.0918. The van der Waals surface area contributed by atoms with Gasteiger partial charge in [-0.1, -0.05) is 12.1 Å². The van der Waals surface area contributed by atoms with Crippen molar-refractivity contribution in [2.24, 2.45) is 13.0 Å². The molecule has 1 fully saturated rings. The zero-order chi connectivity index (χ0) is 23.7. The molecule has 1 amide bonds. The molecular weight excluding hydrogens is 427 g/mol. The summed E-state index contributed by atoms with van der Waals surface area (Å²) in [6.45, 7) is 2.10. The highest BCUT2D eigenvalue weighted by molar-refractivity contribution is 5.94.